The van der Waals surface area contributed by atoms with Gasteiger partial charge in [0.25, 0.3) is 5.56 Å². The highest BCUT2D eigenvalue weighted by molar-refractivity contribution is 5.92. The Morgan fingerprint density at radius 3 is 2.41 bits per heavy atom. The number of aromatic nitrogens is 3. The van der Waals surface area contributed by atoms with E-state index in [1.165, 1.54) is 19.2 Å². The number of hydrogen-bond acceptors (Lipinski definition) is 6. The van der Waals surface area contributed by atoms with Gasteiger partial charge in [0.15, 0.2) is 23.1 Å². The van der Waals surface area contributed by atoms with E-state index in [1.54, 1.807) is 44.5 Å². The largest absolute Gasteiger partial charge is 0.493 e. The van der Waals surface area contributed by atoms with Crippen molar-refractivity contribution >= 4 is 10.9 Å². The van der Waals surface area contributed by atoms with Crippen molar-refractivity contribution in [3.63, 3.8) is 0 Å². The van der Waals surface area contributed by atoms with Crippen LogP contribution >= 0.6 is 0 Å². The lowest BCUT2D eigenvalue weighted by atomic mass is 10.0. The summed E-state index contributed by atoms with van der Waals surface area (Å²) in [4.78, 5) is 24.7. The quantitative estimate of drug-likeness (QED) is 0.304. The summed E-state index contributed by atoms with van der Waals surface area (Å²) in [6, 6.07) is 19.3. The topological polar surface area (TPSA) is 86.3 Å². The zero-order valence-electron chi connectivity index (χ0n) is 20.5. The van der Waals surface area contributed by atoms with E-state index in [1.807, 2.05) is 30.3 Å². The van der Waals surface area contributed by atoms with Crippen molar-refractivity contribution in [2.24, 2.45) is 0 Å². The summed E-state index contributed by atoms with van der Waals surface area (Å²) in [5, 5.41) is 0.633. The summed E-state index contributed by atoms with van der Waals surface area (Å²) in [7, 11) is 3.07. The highest BCUT2D eigenvalue weighted by Crippen LogP contribution is 2.39. The predicted molar refractivity (Wildman–Crippen MR) is 139 cm³/mol. The zero-order valence-corrected chi connectivity index (χ0v) is 20.5. The lowest BCUT2D eigenvalue weighted by Gasteiger charge is -2.14. The summed E-state index contributed by atoms with van der Waals surface area (Å²) in [6.07, 6.45) is 2.05. The minimum atomic E-state index is -0.616. The number of nitrogens with zero attached hydrogens (tertiary/aromatic N) is 2. The molecule has 0 atom stereocenters. The maximum Gasteiger partial charge on any atom is 0.259 e. The number of ether oxygens (including phenoxy) is 3. The van der Waals surface area contributed by atoms with Crippen LogP contribution < -0.4 is 19.8 Å². The average molecular weight is 498 g/mol. The fraction of sp³-hybridized carbons (Fsp3) is 0.138. The molecule has 0 radical (unpaired) electrons. The number of rotatable bonds is 7. The smallest absolute Gasteiger partial charge is 0.259 e. The third kappa shape index (κ3) is 4.73. The summed E-state index contributed by atoms with van der Waals surface area (Å²) < 4.78 is 31.9. The second kappa shape index (κ2) is 10.1. The van der Waals surface area contributed by atoms with Gasteiger partial charge in [-0.3, -0.25) is 9.78 Å². The van der Waals surface area contributed by atoms with Crippen molar-refractivity contribution in [1.82, 2.24) is 15.0 Å². The van der Waals surface area contributed by atoms with Crippen LogP contribution in [0.1, 0.15) is 17.1 Å². The van der Waals surface area contributed by atoms with E-state index in [0.29, 0.717) is 57.2 Å². The van der Waals surface area contributed by atoms with Gasteiger partial charge in [0.05, 0.1) is 25.5 Å². The van der Waals surface area contributed by atoms with E-state index in [2.05, 4.69) is 15.0 Å². The molecular formula is C29H24FN3O4. The van der Waals surface area contributed by atoms with Crippen molar-refractivity contribution in [3.8, 4) is 34.1 Å². The van der Waals surface area contributed by atoms with Crippen LogP contribution in [0.5, 0.6) is 23.0 Å². The van der Waals surface area contributed by atoms with Crippen molar-refractivity contribution in [2.75, 3.05) is 14.2 Å². The molecule has 0 saturated heterocycles. The number of methoxy groups -OCH3 is 2. The number of fused-ring (bicyclic) bond motifs is 1. The van der Waals surface area contributed by atoms with Crippen LogP contribution in [0, 0.1) is 12.7 Å². The Hall–Kier alpha value is -4.72. The molecule has 37 heavy (non-hydrogen) atoms. The molecule has 1 N–H and O–H groups in total. The SMILES string of the molecule is COc1ccc2c(Oc3ccc(-c4c(C)nc(Cc5ccccc5)[nH]c4=O)cc3F)ccnc2c1OC. The van der Waals surface area contributed by atoms with E-state index in [4.69, 9.17) is 14.2 Å². The first-order chi connectivity index (χ1) is 18.0. The Kier molecular flexibility index (Phi) is 6.55. The van der Waals surface area contributed by atoms with E-state index < -0.39 is 5.82 Å². The van der Waals surface area contributed by atoms with Crippen molar-refractivity contribution < 1.29 is 18.6 Å². The fourth-order valence-corrected chi connectivity index (χ4v) is 4.31. The van der Waals surface area contributed by atoms with Gasteiger partial charge in [-0.05, 0) is 48.4 Å². The monoisotopic (exact) mass is 497 g/mol. The molecule has 0 aliphatic heterocycles. The number of pyridine rings is 1. The Morgan fingerprint density at radius 1 is 0.919 bits per heavy atom. The number of H-pyrrole nitrogens is 1. The molecule has 0 saturated carbocycles. The number of halogens is 1. The average Bonchev–Trinajstić information content (AvgIpc) is 2.89. The van der Waals surface area contributed by atoms with Gasteiger partial charge in [0.2, 0.25) is 0 Å². The molecule has 2 aromatic heterocycles. The van der Waals surface area contributed by atoms with Gasteiger partial charge >= 0.3 is 0 Å². The van der Waals surface area contributed by atoms with E-state index in [-0.39, 0.29) is 11.3 Å². The molecule has 0 spiro atoms. The van der Waals surface area contributed by atoms with Gasteiger partial charge in [0, 0.05) is 18.0 Å². The van der Waals surface area contributed by atoms with E-state index in [0.717, 1.165) is 5.56 Å². The van der Waals surface area contributed by atoms with Gasteiger partial charge in [0.1, 0.15) is 17.1 Å². The van der Waals surface area contributed by atoms with Crippen LogP contribution in [-0.4, -0.2) is 29.2 Å². The number of aryl methyl sites for hydroxylation is 1. The highest BCUT2D eigenvalue weighted by atomic mass is 19.1. The molecule has 3 aromatic carbocycles. The number of nitrogens with one attached hydrogen (secondary N) is 1. The molecule has 0 amide bonds. The number of hydrogen-bond donors (Lipinski definition) is 1. The standard InChI is InChI=1S/C29H24FN3O4/c1-17-26(29(34)33-25(32-17)15-18-7-5-4-6-8-18)19-9-11-23(21(30)16-19)37-22-13-14-31-27-20(22)10-12-24(35-2)28(27)36-3/h4-14,16H,15H2,1-3H3,(H,32,33,34). The van der Waals surface area contributed by atoms with E-state index in [9.17, 15) is 4.79 Å². The lowest BCUT2D eigenvalue weighted by Crippen LogP contribution is -2.16. The molecule has 186 valence electrons. The molecule has 5 rings (SSSR count). The molecule has 5 aromatic rings. The Bertz CT molecular complexity index is 1650. The fourth-order valence-electron chi connectivity index (χ4n) is 4.31. The van der Waals surface area contributed by atoms with Crippen LogP contribution in [0.15, 0.2) is 77.7 Å². The molecular weight excluding hydrogens is 473 g/mol. The van der Waals surface area contributed by atoms with Gasteiger partial charge in [-0.2, -0.15) is 0 Å². The van der Waals surface area contributed by atoms with Gasteiger partial charge in [-0.1, -0.05) is 36.4 Å². The first-order valence-corrected chi connectivity index (χ1v) is 11.6. The summed E-state index contributed by atoms with van der Waals surface area (Å²) in [5.74, 6) is 1.33. The highest BCUT2D eigenvalue weighted by Gasteiger charge is 2.17. The normalized spacial score (nSPS) is 10.9. The Morgan fingerprint density at radius 2 is 1.70 bits per heavy atom. The van der Waals surface area contributed by atoms with Crippen LogP contribution in [0.25, 0.3) is 22.0 Å². The molecule has 0 unspecified atom stereocenters. The second-order valence-electron chi connectivity index (χ2n) is 8.39. The summed E-state index contributed by atoms with van der Waals surface area (Å²) >= 11 is 0. The third-order valence-corrected chi connectivity index (χ3v) is 6.02. The van der Waals surface area contributed by atoms with Crippen LogP contribution in [-0.2, 0) is 6.42 Å². The van der Waals surface area contributed by atoms with E-state index >= 15 is 4.39 Å². The second-order valence-corrected chi connectivity index (χ2v) is 8.39. The van der Waals surface area contributed by atoms with Crippen molar-refractivity contribution in [3.05, 3.63) is 106 Å². The maximum absolute atomic E-state index is 15.2. The van der Waals surface area contributed by atoms with Crippen molar-refractivity contribution in [1.29, 1.82) is 0 Å². The summed E-state index contributed by atoms with van der Waals surface area (Å²) in [5.41, 5.74) is 2.48. The maximum atomic E-state index is 15.2. The number of benzene rings is 3. The molecule has 7 nitrogen and oxygen atoms in total. The van der Waals surface area contributed by atoms with Gasteiger partial charge < -0.3 is 19.2 Å². The van der Waals surface area contributed by atoms with Gasteiger partial charge in [-0.25, -0.2) is 9.37 Å². The minimum Gasteiger partial charge on any atom is -0.493 e. The minimum absolute atomic E-state index is 0.00812. The Labute approximate surface area is 212 Å². The van der Waals surface area contributed by atoms with Crippen molar-refractivity contribution in [2.45, 2.75) is 13.3 Å². The first-order valence-electron chi connectivity index (χ1n) is 11.6. The molecule has 0 aliphatic carbocycles. The zero-order chi connectivity index (χ0) is 25.9. The van der Waals surface area contributed by atoms with Crippen LogP contribution in [0.3, 0.4) is 0 Å². The van der Waals surface area contributed by atoms with Crippen LogP contribution in [0.4, 0.5) is 4.39 Å². The Balaban J connectivity index is 1.45. The summed E-state index contributed by atoms with van der Waals surface area (Å²) in [6.45, 7) is 1.74. The first kappa shape index (κ1) is 24.0. The molecule has 2 heterocycles. The molecule has 0 aliphatic rings. The number of aromatic amines is 1. The van der Waals surface area contributed by atoms with Gasteiger partial charge in [-0.15, -0.1) is 0 Å². The van der Waals surface area contributed by atoms with Crippen LogP contribution in [0.2, 0.25) is 0 Å². The molecule has 0 bridgehead atoms. The molecule has 0 fully saturated rings. The third-order valence-electron chi connectivity index (χ3n) is 6.02. The lowest BCUT2D eigenvalue weighted by molar-refractivity contribution is 0.358. The molecule has 8 heteroatoms. The predicted octanol–water partition coefficient (Wildman–Crippen LogP) is 5.83.